The molecule has 0 unspecified atom stereocenters. The van der Waals surface area contributed by atoms with Gasteiger partial charge in [0.15, 0.2) is 0 Å². The van der Waals surface area contributed by atoms with Gasteiger partial charge in [0.25, 0.3) is 0 Å². The third-order valence-corrected chi connectivity index (χ3v) is 2.94. The van der Waals surface area contributed by atoms with Crippen LogP contribution in [0, 0.1) is 5.92 Å². The molecule has 0 amide bonds. The van der Waals surface area contributed by atoms with E-state index in [9.17, 15) is 5.11 Å². The second kappa shape index (κ2) is 6.63. The molecule has 0 aromatic heterocycles. The zero-order valence-corrected chi connectivity index (χ0v) is 9.02. The van der Waals surface area contributed by atoms with Crippen molar-refractivity contribution >= 4 is 5.84 Å². The Morgan fingerprint density at radius 3 is 2.60 bits per heavy atom. The third kappa shape index (κ3) is 4.99. The quantitative estimate of drug-likeness (QED) is 0.174. The number of aliphatic hydroxyl groups excluding tert-OH is 1. The van der Waals surface area contributed by atoms with Crippen LogP contribution in [0.3, 0.4) is 0 Å². The second-order valence-electron chi connectivity index (χ2n) is 4.22. The van der Waals surface area contributed by atoms with Gasteiger partial charge in [-0.25, -0.2) is 0 Å². The molecule has 5 heteroatoms. The molecule has 0 spiro atoms. The first kappa shape index (κ1) is 12.3. The zero-order chi connectivity index (χ0) is 11.1. The molecule has 0 saturated heterocycles. The highest BCUT2D eigenvalue weighted by atomic mass is 16.4. The molecule has 0 bridgehead atoms. The number of amidine groups is 1. The second-order valence-corrected chi connectivity index (χ2v) is 4.22. The summed E-state index contributed by atoms with van der Waals surface area (Å²) in [5, 5.41) is 23.8. The van der Waals surface area contributed by atoms with Crippen molar-refractivity contribution in [2.75, 3.05) is 13.1 Å². The summed E-state index contributed by atoms with van der Waals surface area (Å²) in [6, 6.07) is 0. The van der Waals surface area contributed by atoms with Crippen molar-refractivity contribution in [3.05, 3.63) is 0 Å². The number of nitrogens with zero attached hydrogens (tertiary/aromatic N) is 1. The van der Waals surface area contributed by atoms with E-state index in [2.05, 4.69) is 10.5 Å². The summed E-state index contributed by atoms with van der Waals surface area (Å²) in [5.41, 5.74) is 5.34. The van der Waals surface area contributed by atoms with Crippen molar-refractivity contribution in [2.45, 2.75) is 38.2 Å². The lowest BCUT2D eigenvalue weighted by atomic mass is 9.87. The summed E-state index contributed by atoms with van der Waals surface area (Å²) in [4.78, 5) is 0. The van der Waals surface area contributed by atoms with E-state index in [4.69, 9.17) is 10.9 Å². The summed E-state index contributed by atoms with van der Waals surface area (Å²) in [6.07, 6.45) is 4.53. The Morgan fingerprint density at radius 2 is 2.00 bits per heavy atom. The lowest BCUT2D eigenvalue weighted by Crippen LogP contribution is -2.30. The van der Waals surface area contributed by atoms with E-state index in [0.717, 1.165) is 38.8 Å². The minimum atomic E-state index is -0.0848. The van der Waals surface area contributed by atoms with Crippen LogP contribution in [0.25, 0.3) is 0 Å². The monoisotopic (exact) mass is 215 g/mol. The van der Waals surface area contributed by atoms with Crippen molar-refractivity contribution in [1.82, 2.24) is 5.32 Å². The fourth-order valence-electron chi connectivity index (χ4n) is 1.92. The van der Waals surface area contributed by atoms with E-state index >= 15 is 0 Å². The summed E-state index contributed by atoms with van der Waals surface area (Å²) >= 11 is 0. The van der Waals surface area contributed by atoms with Crippen LogP contribution >= 0.6 is 0 Å². The first-order chi connectivity index (χ1) is 7.22. The Kier molecular flexibility index (Phi) is 5.42. The van der Waals surface area contributed by atoms with Gasteiger partial charge < -0.3 is 21.4 Å². The molecule has 1 saturated carbocycles. The lowest BCUT2D eigenvalue weighted by molar-refractivity contribution is 0.108. The standard InChI is InChI=1S/C10H21N3O2/c11-10(13-15)5-6-12-7-8-1-3-9(14)4-2-8/h8-9,12,14-15H,1-7H2,(H2,11,13). The SMILES string of the molecule is NC(CCNCC1CCC(O)CC1)=NO. The van der Waals surface area contributed by atoms with Gasteiger partial charge in [0.05, 0.1) is 6.10 Å². The van der Waals surface area contributed by atoms with Gasteiger partial charge in [-0.2, -0.15) is 0 Å². The normalized spacial score (nSPS) is 27.9. The van der Waals surface area contributed by atoms with Crippen molar-refractivity contribution in [3.63, 3.8) is 0 Å². The van der Waals surface area contributed by atoms with E-state index in [1.54, 1.807) is 0 Å². The van der Waals surface area contributed by atoms with Crippen LogP contribution in [0.5, 0.6) is 0 Å². The largest absolute Gasteiger partial charge is 0.409 e. The molecule has 0 aromatic carbocycles. The highest BCUT2D eigenvalue weighted by Gasteiger charge is 2.18. The highest BCUT2D eigenvalue weighted by Crippen LogP contribution is 2.23. The smallest absolute Gasteiger partial charge is 0.140 e. The number of nitrogens with one attached hydrogen (secondary N) is 1. The molecule has 0 aromatic rings. The Morgan fingerprint density at radius 1 is 1.33 bits per heavy atom. The number of oxime groups is 1. The predicted molar refractivity (Wildman–Crippen MR) is 58.9 cm³/mol. The maximum Gasteiger partial charge on any atom is 0.140 e. The van der Waals surface area contributed by atoms with E-state index in [1.807, 2.05) is 0 Å². The van der Waals surface area contributed by atoms with Gasteiger partial charge in [0.1, 0.15) is 5.84 Å². The number of nitrogens with two attached hydrogens (primary N) is 1. The number of rotatable bonds is 5. The van der Waals surface area contributed by atoms with Gasteiger partial charge in [0.2, 0.25) is 0 Å². The Labute approximate surface area is 90.3 Å². The molecule has 15 heavy (non-hydrogen) atoms. The number of hydrogen-bond donors (Lipinski definition) is 4. The van der Waals surface area contributed by atoms with Crippen LogP contribution in [0.1, 0.15) is 32.1 Å². The molecule has 0 aliphatic heterocycles. The van der Waals surface area contributed by atoms with Gasteiger partial charge in [-0.15, -0.1) is 0 Å². The molecule has 0 heterocycles. The molecule has 88 valence electrons. The fraction of sp³-hybridized carbons (Fsp3) is 0.900. The fourth-order valence-corrected chi connectivity index (χ4v) is 1.92. The molecular weight excluding hydrogens is 194 g/mol. The van der Waals surface area contributed by atoms with Crippen molar-refractivity contribution < 1.29 is 10.3 Å². The van der Waals surface area contributed by atoms with Gasteiger partial charge in [-0.05, 0) is 38.1 Å². The van der Waals surface area contributed by atoms with Crippen LogP contribution < -0.4 is 11.1 Å². The molecule has 1 aliphatic rings. The van der Waals surface area contributed by atoms with E-state index in [1.165, 1.54) is 0 Å². The average Bonchev–Trinajstić information content (AvgIpc) is 2.26. The Hall–Kier alpha value is -0.810. The van der Waals surface area contributed by atoms with Gasteiger partial charge >= 0.3 is 0 Å². The lowest BCUT2D eigenvalue weighted by Gasteiger charge is -2.25. The van der Waals surface area contributed by atoms with Crippen LogP contribution in [-0.4, -0.2) is 35.3 Å². The zero-order valence-electron chi connectivity index (χ0n) is 9.02. The van der Waals surface area contributed by atoms with Gasteiger partial charge in [-0.3, -0.25) is 0 Å². The van der Waals surface area contributed by atoms with E-state index in [-0.39, 0.29) is 11.9 Å². The molecular formula is C10H21N3O2. The van der Waals surface area contributed by atoms with Crippen LogP contribution in [0.2, 0.25) is 0 Å². The number of aliphatic hydroxyl groups is 1. The van der Waals surface area contributed by atoms with Crippen molar-refractivity contribution in [2.24, 2.45) is 16.8 Å². The molecule has 1 aliphatic carbocycles. The molecule has 0 atom stereocenters. The topological polar surface area (TPSA) is 90.9 Å². The molecule has 5 N–H and O–H groups in total. The summed E-state index contributed by atoms with van der Waals surface area (Å²) in [7, 11) is 0. The maximum atomic E-state index is 9.32. The summed E-state index contributed by atoms with van der Waals surface area (Å²) < 4.78 is 0. The minimum Gasteiger partial charge on any atom is -0.409 e. The molecule has 1 fully saturated rings. The number of hydrogen-bond acceptors (Lipinski definition) is 4. The minimum absolute atomic E-state index is 0.0848. The first-order valence-electron chi connectivity index (χ1n) is 5.57. The van der Waals surface area contributed by atoms with Crippen LogP contribution in [0.15, 0.2) is 5.16 Å². The molecule has 5 nitrogen and oxygen atoms in total. The Balaban J connectivity index is 2.01. The highest BCUT2D eigenvalue weighted by molar-refractivity contribution is 5.79. The Bertz CT molecular complexity index is 201. The summed E-state index contributed by atoms with van der Waals surface area (Å²) in [6.45, 7) is 1.71. The molecule has 1 rings (SSSR count). The maximum absolute atomic E-state index is 9.32. The van der Waals surface area contributed by atoms with Crippen LogP contribution in [-0.2, 0) is 0 Å². The van der Waals surface area contributed by atoms with Crippen LogP contribution in [0.4, 0.5) is 0 Å². The van der Waals surface area contributed by atoms with E-state index in [0.29, 0.717) is 12.3 Å². The van der Waals surface area contributed by atoms with Gasteiger partial charge in [-0.1, -0.05) is 5.16 Å². The third-order valence-electron chi connectivity index (χ3n) is 2.94. The van der Waals surface area contributed by atoms with E-state index < -0.39 is 0 Å². The van der Waals surface area contributed by atoms with Gasteiger partial charge in [0, 0.05) is 13.0 Å². The average molecular weight is 215 g/mol. The molecule has 0 radical (unpaired) electrons. The predicted octanol–water partition coefficient (Wildman–Crippen LogP) is 0.264. The summed E-state index contributed by atoms with van der Waals surface area (Å²) in [5.74, 6) is 0.933. The first-order valence-corrected chi connectivity index (χ1v) is 5.57. The van der Waals surface area contributed by atoms with Crippen molar-refractivity contribution in [3.8, 4) is 0 Å². The van der Waals surface area contributed by atoms with Crippen molar-refractivity contribution in [1.29, 1.82) is 0 Å².